The number of hydrogen-bond donors (Lipinski definition) is 1. The van der Waals surface area contributed by atoms with Gasteiger partial charge in [-0.15, -0.1) is 0 Å². The molecule has 0 spiro atoms. The number of nitrogens with two attached hydrogens (primary N) is 1. The third-order valence-electron chi connectivity index (χ3n) is 3.45. The molecule has 1 aliphatic heterocycles. The summed E-state index contributed by atoms with van der Waals surface area (Å²) in [6, 6.07) is 7.87. The normalized spacial score (nSPS) is 19.8. The fourth-order valence-electron chi connectivity index (χ4n) is 2.54. The summed E-state index contributed by atoms with van der Waals surface area (Å²) >= 11 is 0. The lowest BCUT2D eigenvalue weighted by Crippen LogP contribution is -2.41. The summed E-state index contributed by atoms with van der Waals surface area (Å²) in [4.78, 5) is 14.2. The van der Waals surface area contributed by atoms with E-state index in [4.69, 9.17) is 10.5 Å². The van der Waals surface area contributed by atoms with Crippen molar-refractivity contribution < 1.29 is 9.53 Å². The number of hydrogen-bond acceptors (Lipinski definition) is 3. The van der Waals surface area contributed by atoms with E-state index >= 15 is 0 Å². The Morgan fingerprint density at radius 2 is 1.90 bits per heavy atom. The zero-order valence-corrected chi connectivity index (χ0v) is 12.6. The summed E-state index contributed by atoms with van der Waals surface area (Å²) in [5, 5.41) is 0. The second-order valence-corrected chi connectivity index (χ2v) is 6.35. The molecule has 1 saturated heterocycles. The van der Waals surface area contributed by atoms with Crippen LogP contribution in [0.25, 0.3) is 0 Å². The van der Waals surface area contributed by atoms with Gasteiger partial charge in [-0.2, -0.15) is 0 Å². The van der Waals surface area contributed by atoms with Gasteiger partial charge >= 0.3 is 6.09 Å². The van der Waals surface area contributed by atoms with E-state index in [9.17, 15) is 4.79 Å². The second-order valence-electron chi connectivity index (χ2n) is 6.35. The molecule has 0 saturated carbocycles. The average molecular weight is 276 g/mol. The molecule has 2 rings (SSSR count). The van der Waals surface area contributed by atoms with Gasteiger partial charge in [0, 0.05) is 12.2 Å². The van der Waals surface area contributed by atoms with Crippen LogP contribution in [0, 0.1) is 0 Å². The summed E-state index contributed by atoms with van der Waals surface area (Å²) in [5.41, 5.74) is 7.14. The minimum Gasteiger partial charge on any atom is -0.444 e. The molecule has 1 fully saturated rings. The van der Waals surface area contributed by atoms with E-state index in [1.54, 1.807) is 0 Å². The van der Waals surface area contributed by atoms with Crippen LogP contribution in [0.3, 0.4) is 0 Å². The number of likely N-dealkylation sites (tertiary alicyclic amines) is 1. The number of anilines is 1. The topological polar surface area (TPSA) is 55.6 Å². The molecule has 110 valence electrons. The van der Waals surface area contributed by atoms with Gasteiger partial charge in [-0.05, 0) is 57.7 Å². The van der Waals surface area contributed by atoms with Gasteiger partial charge in [0.05, 0.1) is 6.04 Å². The van der Waals surface area contributed by atoms with E-state index in [0.717, 1.165) is 37.1 Å². The Balaban J connectivity index is 2.16. The lowest BCUT2D eigenvalue weighted by molar-refractivity contribution is 0.00952. The number of nitrogens with zero attached hydrogens (tertiary/aromatic N) is 1. The van der Waals surface area contributed by atoms with Crippen molar-refractivity contribution in [3.8, 4) is 0 Å². The van der Waals surface area contributed by atoms with Crippen molar-refractivity contribution in [3.63, 3.8) is 0 Å². The highest BCUT2D eigenvalue weighted by Crippen LogP contribution is 2.32. The van der Waals surface area contributed by atoms with Crippen LogP contribution < -0.4 is 5.73 Å². The van der Waals surface area contributed by atoms with Gasteiger partial charge in [-0.3, -0.25) is 0 Å². The number of carbonyl (C=O) groups excluding carboxylic acids is 1. The first kappa shape index (κ1) is 14.7. The van der Waals surface area contributed by atoms with E-state index in [0.29, 0.717) is 0 Å². The van der Waals surface area contributed by atoms with Crippen molar-refractivity contribution in [2.24, 2.45) is 0 Å². The molecule has 4 nitrogen and oxygen atoms in total. The maximum absolute atomic E-state index is 12.3. The Bertz CT molecular complexity index is 462. The Kier molecular flexibility index (Phi) is 4.21. The molecule has 0 radical (unpaired) electrons. The number of benzene rings is 1. The first-order valence-corrected chi connectivity index (χ1v) is 7.22. The maximum atomic E-state index is 12.3. The fraction of sp³-hybridized carbons (Fsp3) is 0.562. The summed E-state index contributed by atoms with van der Waals surface area (Å²) in [7, 11) is 0. The zero-order chi connectivity index (χ0) is 14.8. The molecule has 0 bridgehead atoms. The third kappa shape index (κ3) is 3.65. The molecule has 20 heavy (non-hydrogen) atoms. The summed E-state index contributed by atoms with van der Waals surface area (Å²) in [6.45, 7) is 6.44. The van der Waals surface area contributed by atoms with Crippen LogP contribution in [0.2, 0.25) is 0 Å². The van der Waals surface area contributed by atoms with Crippen LogP contribution in [0.4, 0.5) is 10.5 Å². The summed E-state index contributed by atoms with van der Waals surface area (Å²) < 4.78 is 5.51. The Morgan fingerprint density at radius 3 is 2.50 bits per heavy atom. The van der Waals surface area contributed by atoms with Crippen LogP contribution in [-0.2, 0) is 4.74 Å². The molecule has 1 atom stereocenters. The molecule has 1 amide bonds. The molecule has 1 heterocycles. The minimum atomic E-state index is -0.458. The van der Waals surface area contributed by atoms with Gasteiger partial charge < -0.3 is 15.4 Å². The van der Waals surface area contributed by atoms with E-state index in [-0.39, 0.29) is 12.1 Å². The number of nitrogen functional groups attached to an aromatic ring is 1. The van der Waals surface area contributed by atoms with Crippen molar-refractivity contribution >= 4 is 11.8 Å². The van der Waals surface area contributed by atoms with Crippen molar-refractivity contribution in [3.05, 3.63) is 29.8 Å². The predicted octanol–water partition coefficient (Wildman–Crippen LogP) is 3.73. The number of amides is 1. The van der Waals surface area contributed by atoms with Gasteiger partial charge in [0.2, 0.25) is 0 Å². The molecule has 0 unspecified atom stereocenters. The predicted molar refractivity (Wildman–Crippen MR) is 80.4 cm³/mol. The lowest BCUT2D eigenvalue weighted by Gasteiger charge is -2.37. The van der Waals surface area contributed by atoms with Crippen molar-refractivity contribution in [2.75, 3.05) is 12.3 Å². The van der Waals surface area contributed by atoms with Crippen molar-refractivity contribution in [1.82, 2.24) is 4.90 Å². The molecule has 1 aromatic rings. The number of carbonyl (C=O) groups is 1. The van der Waals surface area contributed by atoms with Crippen molar-refractivity contribution in [1.29, 1.82) is 0 Å². The van der Waals surface area contributed by atoms with Gasteiger partial charge in [-0.1, -0.05) is 12.1 Å². The van der Waals surface area contributed by atoms with Crippen LogP contribution >= 0.6 is 0 Å². The molecule has 1 aliphatic rings. The van der Waals surface area contributed by atoms with Gasteiger partial charge in [-0.25, -0.2) is 4.79 Å². The van der Waals surface area contributed by atoms with E-state index < -0.39 is 5.60 Å². The van der Waals surface area contributed by atoms with E-state index in [1.807, 2.05) is 49.9 Å². The van der Waals surface area contributed by atoms with E-state index in [2.05, 4.69) is 0 Å². The highest BCUT2D eigenvalue weighted by Gasteiger charge is 2.31. The first-order chi connectivity index (χ1) is 9.37. The third-order valence-corrected chi connectivity index (χ3v) is 3.45. The Hall–Kier alpha value is -1.71. The number of ether oxygens (including phenoxy) is 1. The van der Waals surface area contributed by atoms with Gasteiger partial charge in [0.25, 0.3) is 0 Å². The van der Waals surface area contributed by atoms with Crippen LogP contribution in [0.1, 0.15) is 51.6 Å². The molecular weight excluding hydrogens is 252 g/mol. The average Bonchev–Trinajstić information content (AvgIpc) is 2.38. The van der Waals surface area contributed by atoms with Gasteiger partial charge in [0.15, 0.2) is 0 Å². The largest absolute Gasteiger partial charge is 0.444 e. The Labute approximate surface area is 120 Å². The Morgan fingerprint density at radius 1 is 1.25 bits per heavy atom. The maximum Gasteiger partial charge on any atom is 0.410 e. The van der Waals surface area contributed by atoms with Gasteiger partial charge in [0.1, 0.15) is 5.60 Å². The monoisotopic (exact) mass is 276 g/mol. The van der Waals surface area contributed by atoms with Crippen LogP contribution in [0.15, 0.2) is 24.3 Å². The van der Waals surface area contributed by atoms with Crippen LogP contribution in [-0.4, -0.2) is 23.1 Å². The second kappa shape index (κ2) is 5.73. The summed E-state index contributed by atoms with van der Waals surface area (Å²) in [5.74, 6) is 0. The zero-order valence-electron chi connectivity index (χ0n) is 12.6. The molecule has 0 aliphatic carbocycles. The highest BCUT2D eigenvalue weighted by molar-refractivity contribution is 5.69. The number of piperidine rings is 1. The molecular formula is C16H24N2O2. The standard InChI is InChI=1S/C16H24N2O2/c1-16(2,3)20-15(19)18-11-5-4-6-14(18)12-7-9-13(17)10-8-12/h7-10,14H,4-6,11,17H2,1-3H3/t14-/m0/s1. The fourth-order valence-corrected chi connectivity index (χ4v) is 2.54. The summed E-state index contributed by atoms with van der Waals surface area (Å²) in [6.07, 6.45) is 2.92. The smallest absolute Gasteiger partial charge is 0.410 e. The van der Waals surface area contributed by atoms with E-state index in [1.165, 1.54) is 0 Å². The lowest BCUT2D eigenvalue weighted by atomic mass is 9.95. The molecule has 4 heteroatoms. The van der Waals surface area contributed by atoms with Crippen molar-refractivity contribution in [2.45, 2.75) is 51.7 Å². The van der Waals surface area contributed by atoms with Crippen LogP contribution in [0.5, 0.6) is 0 Å². The molecule has 1 aromatic carbocycles. The molecule has 0 aromatic heterocycles. The SMILES string of the molecule is CC(C)(C)OC(=O)N1CCCC[C@H]1c1ccc(N)cc1. The first-order valence-electron chi connectivity index (χ1n) is 7.22. The quantitative estimate of drug-likeness (QED) is 0.795. The minimum absolute atomic E-state index is 0.0965. The highest BCUT2D eigenvalue weighted by atomic mass is 16.6. The number of rotatable bonds is 1. The molecule has 2 N–H and O–H groups in total.